The summed E-state index contributed by atoms with van der Waals surface area (Å²) in [6, 6.07) is 6.35. The van der Waals surface area contributed by atoms with Gasteiger partial charge in [-0.05, 0) is 24.3 Å². The molecule has 17 nitrogen and oxygen atoms in total. The Morgan fingerprint density at radius 3 is 1.69 bits per heavy atom. The van der Waals surface area contributed by atoms with Crippen molar-refractivity contribution in [3.05, 3.63) is 61.9 Å². The van der Waals surface area contributed by atoms with Gasteiger partial charge < -0.3 is 55.1 Å². The van der Waals surface area contributed by atoms with E-state index in [9.17, 15) is 42.3 Å². The van der Waals surface area contributed by atoms with Gasteiger partial charge in [-0.1, -0.05) is 29.3 Å². The molecule has 51 heavy (non-hydrogen) atoms. The third-order valence-corrected chi connectivity index (χ3v) is 7.24. The van der Waals surface area contributed by atoms with E-state index >= 15 is 0 Å². The fraction of sp³-hybridized carbons (Fsp3) is 0.345. The van der Waals surface area contributed by atoms with E-state index in [1.807, 2.05) is 4.90 Å². The third kappa shape index (κ3) is 11.2. The summed E-state index contributed by atoms with van der Waals surface area (Å²) in [5, 5.41) is 75.4. The van der Waals surface area contributed by atoms with Gasteiger partial charge in [-0.25, -0.2) is 19.2 Å². The molecule has 0 radical (unpaired) electrons. The van der Waals surface area contributed by atoms with Crippen molar-refractivity contribution in [2.75, 3.05) is 26.3 Å². The predicted molar refractivity (Wildman–Crippen MR) is 165 cm³/mol. The Bertz CT molecular complexity index is 1740. The number of benzene rings is 2. The third-order valence-electron chi connectivity index (χ3n) is 6.69. The molecule has 4 rings (SSSR count). The molecule has 1 aromatic heterocycles. The van der Waals surface area contributed by atoms with Gasteiger partial charge in [0.1, 0.15) is 11.3 Å². The van der Waals surface area contributed by atoms with E-state index in [1.165, 1.54) is 30.3 Å². The highest BCUT2D eigenvalue weighted by Gasteiger charge is 2.40. The number of alkyl halides is 3. The number of hydrogen-bond acceptors (Lipinski definition) is 13. The number of fused-ring (bicyclic) bond motifs is 1. The number of phenols is 1. The lowest BCUT2D eigenvalue weighted by atomic mass is 10.00. The van der Waals surface area contributed by atoms with Gasteiger partial charge >= 0.3 is 30.1 Å². The quantitative estimate of drug-likeness (QED) is 0.147. The highest BCUT2D eigenvalue weighted by molar-refractivity contribution is 6.36. The van der Waals surface area contributed by atoms with E-state index < -0.39 is 71.2 Å². The average Bonchev–Trinajstić information content (AvgIpc) is 3.05. The lowest BCUT2D eigenvalue weighted by Crippen LogP contribution is -2.39. The first-order valence-electron chi connectivity index (χ1n) is 13.9. The largest absolute Gasteiger partial charge is 0.507 e. The van der Waals surface area contributed by atoms with Gasteiger partial charge in [0.15, 0.2) is 24.4 Å². The van der Waals surface area contributed by atoms with Crippen LogP contribution in [0.25, 0.3) is 22.1 Å². The first-order chi connectivity index (χ1) is 23.6. The maximum Gasteiger partial charge on any atom is 0.450 e. The highest BCUT2D eigenvalue weighted by Crippen LogP contribution is 2.41. The van der Waals surface area contributed by atoms with E-state index in [0.29, 0.717) is 26.3 Å². The Morgan fingerprint density at radius 1 is 0.804 bits per heavy atom. The maximum absolute atomic E-state index is 14.0. The number of carbonyl (C=O) groups is 4. The zero-order valence-corrected chi connectivity index (χ0v) is 27.0. The lowest BCUT2D eigenvalue weighted by molar-refractivity contribution is -0.165. The van der Waals surface area contributed by atoms with Gasteiger partial charge in [-0.15, -0.1) is 0 Å². The van der Waals surface area contributed by atoms with Gasteiger partial charge in [-0.3, -0.25) is 9.69 Å². The number of carboxylic acid groups (broad SMARTS) is 4. The molecule has 4 atom stereocenters. The summed E-state index contributed by atoms with van der Waals surface area (Å²) in [4.78, 5) is 54.2. The van der Waals surface area contributed by atoms with E-state index in [-0.39, 0.29) is 44.4 Å². The van der Waals surface area contributed by atoms with Crippen LogP contribution in [0.15, 0.2) is 39.5 Å². The number of aliphatic hydroxyl groups is 4. The number of aliphatic carboxylic acids is 4. The summed E-state index contributed by atoms with van der Waals surface area (Å²) < 4.78 is 52.4. The summed E-state index contributed by atoms with van der Waals surface area (Å²) in [7, 11) is 0. The minimum atomic E-state index is -4.98. The van der Waals surface area contributed by atoms with Gasteiger partial charge in [0.05, 0.1) is 34.7 Å². The second kappa shape index (κ2) is 18.1. The number of ether oxygens (including phenoxy) is 1. The van der Waals surface area contributed by atoms with E-state index in [1.54, 1.807) is 0 Å². The molecular weight excluding hydrogens is 746 g/mol. The molecule has 0 aliphatic carbocycles. The van der Waals surface area contributed by atoms with E-state index in [4.69, 9.17) is 73.2 Å². The minimum Gasteiger partial charge on any atom is -0.507 e. The second-order valence-corrected chi connectivity index (χ2v) is 11.1. The topological polar surface area (TPSA) is 293 Å². The molecule has 4 unspecified atom stereocenters. The Morgan fingerprint density at radius 2 is 1.27 bits per heavy atom. The van der Waals surface area contributed by atoms with Crippen LogP contribution in [0.1, 0.15) is 11.3 Å². The van der Waals surface area contributed by atoms with Crippen molar-refractivity contribution in [2.24, 2.45) is 0 Å². The molecule has 1 aliphatic rings. The van der Waals surface area contributed by atoms with Crippen molar-refractivity contribution in [1.82, 2.24) is 4.90 Å². The number of aromatic hydroxyl groups is 1. The monoisotopic (exact) mass is 773 g/mol. The van der Waals surface area contributed by atoms with Crippen LogP contribution in [-0.2, 0) is 36.6 Å². The molecule has 1 fully saturated rings. The fourth-order valence-corrected chi connectivity index (χ4v) is 4.62. The van der Waals surface area contributed by atoms with Crippen molar-refractivity contribution < 1.29 is 87.5 Å². The second-order valence-electron chi connectivity index (χ2n) is 10.2. The Labute approximate surface area is 292 Å². The van der Waals surface area contributed by atoms with Crippen molar-refractivity contribution in [3.63, 3.8) is 0 Å². The zero-order chi connectivity index (χ0) is 39.0. The van der Waals surface area contributed by atoms with Gasteiger partial charge in [0.25, 0.3) is 0 Å². The summed E-state index contributed by atoms with van der Waals surface area (Å²) in [6.45, 7) is 2.09. The number of hydrogen-bond donors (Lipinski definition) is 9. The van der Waals surface area contributed by atoms with Crippen molar-refractivity contribution in [3.8, 4) is 16.9 Å². The molecule has 0 spiro atoms. The highest BCUT2D eigenvalue weighted by atomic mass is 35.5. The van der Waals surface area contributed by atoms with Gasteiger partial charge in [0, 0.05) is 30.2 Å². The number of aliphatic hydroxyl groups excluding tert-OH is 4. The van der Waals surface area contributed by atoms with E-state index in [2.05, 4.69) is 0 Å². The van der Waals surface area contributed by atoms with Crippen molar-refractivity contribution >= 4 is 58.0 Å². The van der Waals surface area contributed by atoms with Crippen LogP contribution in [0, 0.1) is 0 Å². The number of morpholine rings is 1. The van der Waals surface area contributed by atoms with Crippen LogP contribution in [0.2, 0.25) is 10.0 Å². The Hall–Kier alpha value is -4.54. The van der Waals surface area contributed by atoms with Crippen molar-refractivity contribution in [1.29, 1.82) is 0 Å². The summed E-state index contributed by atoms with van der Waals surface area (Å²) in [5.41, 5.74) is -1.95. The van der Waals surface area contributed by atoms with Crippen LogP contribution >= 0.6 is 23.2 Å². The van der Waals surface area contributed by atoms with Crippen LogP contribution in [0.4, 0.5) is 13.2 Å². The first kappa shape index (κ1) is 42.6. The van der Waals surface area contributed by atoms with Crippen LogP contribution in [0.5, 0.6) is 5.75 Å². The summed E-state index contributed by atoms with van der Waals surface area (Å²) in [5.74, 6) is -8.81. The molecule has 2 heterocycles. The maximum atomic E-state index is 14.0. The molecule has 0 bridgehead atoms. The molecule has 0 saturated carbocycles. The zero-order valence-electron chi connectivity index (χ0n) is 25.5. The standard InChI is InChI=1S/C21H16Cl2F3NO4.2C4H6O6/c22-11-1-2-12(15(23)9-11)17-18(29)13-3-4-16(28)14(10-27-5-7-30-8-6-27)19(13)31-20(17)21(24,25)26;2*5-1(3(7)8)2(6)4(9)10/h1-4,9,28H,5-8,10H2;2*1-2,5-6H,(H,7,8)(H,9,10). The Balaban J connectivity index is 0.000000371. The number of carboxylic acids is 4. The van der Waals surface area contributed by atoms with Crippen LogP contribution < -0.4 is 5.43 Å². The summed E-state index contributed by atoms with van der Waals surface area (Å²) >= 11 is 12.0. The minimum absolute atomic E-state index is 0.0879. The number of nitrogens with zero attached hydrogens (tertiary/aromatic N) is 1. The Kier molecular flexibility index (Phi) is 15.1. The SMILES string of the molecule is O=C(O)C(O)C(O)C(=O)O.O=C(O)C(O)C(O)C(=O)O.O=c1c(-c2ccc(Cl)cc2Cl)c(C(F)(F)F)oc2c(CN3CCOCC3)c(O)ccc12. The molecule has 22 heteroatoms. The molecule has 0 amide bonds. The number of phenolic OH excluding ortho intramolecular Hbond substituents is 1. The van der Waals surface area contributed by atoms with Crippen LogP contribution in [-0.4, -0.2) is 125 Å². The normalized spacial score (nSPS) is 15.6. The average molecular weight is 774 g/mol. The molecular formula is C29H28Cl2F3NO16. The molecule has 9 N–H and O–H groups in total. The summed E-state index contributed by atoms with van der Waals surface area (Å²) in [6.07, 6.45) is -14.0. The molecule has 3 aromatic rings. The molecule has 1 aliphatic heterocycles. The van der Waals surface area contributed by atoms with Gasteiger partial charge in [0.2, 0.25) is 11.2 Å². The molecule has 2 aromatic carbocycles. The lowest BCUT2D eigenvalue weighted by Gasteiger charge is -2.27. The fourth-order valence-electron chi connectivity index (χ4n) is 4.12. The van der Waals surface area contributed by atoms with E-state index in [0.717, 1.165) is 0 Å². The number of rotatable bonds is 9. The molecule has 280 valence electrons. The predicted octanol–water partition coefficient (Wildman–Crippen LogP) is 1.08. The van der Waals surface area contributed by atoms with Crippen LogP contribution in [0.3, 0.4) is 0 Å². The number of halogens is 5. The van der Waals surface area contributed by atoms with Gasteiger partial charge in [-0.2, -0.15) is 13.2 Å². The smallest absolute Gasteiger partial charge is 0.450 e. The molecule has 1 saturated heterocycles. The van der Waals surface area contributed by atoms with Crippen molar-refractivity contribution in [2.45, 2.75) is 37.1 Å². The first-order valence-corrected chi connectivity index (χ1v) is 14.6.